The third-order valence-corrected chi connectivity index (χ3v) is 5.39. The van der Waals surface area contributed by atoms with Crippen molar-refractivity contribution >= 4 is 12.0 Å². The van der Waals surface area contributed by atoms with E-state index in [0.717, 1.165) is 25.9 Å². The molecule has 27 heavy (non-hydrogen) atoms. The normalized spacial score (nSPS) is 30.1. The summed E-state index contributed by atoms with van der Waals surface area (Å²) in [5, 5.41) is 0. The van der Waals surface area contributed by atoms with Gasteiger partial charge < -0.3 is 18.9 Å². The highest BCUT2D eigenvalue weighted by atomic mass is 19.3. The van der Waals surface area contributed by atoms with E-state index >= 15 is 0 Å². The summed E-state index contributed by atoms with van der Waals surface area (Å²) in [5.74, 6) is 0.0252. The fourth-order valence-electron chi connectivity index (χ4n) is 3.68. The zero-order chi connectivity index (χ0) is 19.4. The van der Waals surface area contributed by atoms with Crippen LogP contribution in [-0.2, 0) is 19.0 Å². The minimum absolute atomic E-state index is 0.0195. The van der Waals surface area contributed by atoms with Crippen LogP contribution in [0.2, 0.25) is 0 Å². The number of halogens is 1. The summed E-state index contributed by atoms with van der Waals surface area (Å²) in [7, 11) is 3.13. The van der Waals surface area contributed by atoms with E-state index in [1.807, 2.05) is 0 Å². The number of epoxide rings is 1. The molecular formula is C20H25FO6. The molecular weight excluding hydrogens is 355 g/mol. The van der Waals surface area contributed by atoms with Crippen LogP contribution in [0.25, 0.3) is 6.08 Å². The van der Waals surface area contributed by atoms with Crippen molar-refractivity contribution in [3.8, 4) is 11.5 Å². The third kappa shape index (κ3) is 4.59. The molecule has 0 amide bonds. The van der Waals surface area contributed by atoms with Crippen LogP contribution in [0.3, 0.4) is 0 Å². The Morgan fingerprint density at radius 2 is 2.07 bits per heavy atom. The van der Waals surface area contributed by atoms with Gasteiger partial charge in [0.1, 0.15) is 6.10 Å². The minimum Gasteiger partial charge on any atom is -0.493 e. The molecule has 148 valence electrons. The Hall–Kier alpha value is -2.12. The summed E-state index contributed by atoms with van der Waals surface area (Å²) < 4.78 is 34.2. The van der Waals surface area contributed by atoms with Crippen LogP contribution in [0.4, 0.5) is 4.53 Å². The van der Waals surface area contributed by atoms with E-state index in [1.165, 1.54) is 19.3 Å². The van der Waals surface area contributed by atoms with Gasteiger partial charge >= 0.3 is 5.97 Å². The van der Waals surface area contributed by atoms with Crippen molar-refractivity contribution in [2.45, 2.75) is 44.0 Å². The maximum Gasteiger partial charge on any atom is 0.331 e. The molecule has 0 bridgehead atoms. The molecule has 3 rings (SSSR count). The highest BCUT2D eigenvalue weighted by Gasteiger charge is 2.52. The van der Waals surface area contributed by atoms with Gasteiger partial charge in [0, 0.05) is 23.6 Å². The molecule has 1 saturated heterocycles. The van der Waals surface area contributed by atoms with Crippen molar-refractivity contribution in [2.75, 3.05) is 20.8 Å². The predicted octanol–water partition coefficient (Wildman–Crippen LogP) is 3.49. The van der Waals surface area contributed by atoms with Gasteiger partial charge in [0.25, 0.3) is 0 Å². The lowest BCUT2D eigenvalue weighted by atomic mass is 9.77. The maximum atomic E-state index is 12.4. The second-order valence-corrected chi connectivity index (χ2v) is 7.17. The van der Waals surface area contributed by atoms with E-state index in [0.29, 0.717) is 5.56 Å². The molecule has 0 N–H and O–H groups in total. The number of methoxy groups -OCH3 is 2. The fourth-order valence-corrected chi connectivity index (χ4v) is 3.68. The molecule has 1 heterocycles. The average Bonchev–Trinajstić information content (AvgIpc) is 3.44. The van der Waals surface area contributed by atoms with Crippen molar-refractivity contribution in [2.24, 2.45) is 5.92 Å². The molecule has 1 unspecified atom stereocenters. The summed E-state index contributed by atoms with van der Waals surface area (Å²) in [6, 6.07) is 4.62. The zero-order valence-corrected chi connectivity index (χ0v) is 15.8. The van der Waals surface area contributed by atoms with Gasteiger partial charge in [0.15, 0.2) is 5.75 Å². The molecule has 0 aromatic heterocycles. The van der Waals surface area contributed by atoms with Crippen molar-refractivity contribution in [3.05, 3.63) is 29.8 Å². The molecule has 0 spiro atoms. The monoisotopic (exact) mass is 380 g/mol. The van der Waals surface area contributed by atoms with Gasteiger partial charge in [-0.3, -0.25) is 4.94 Å². The van der Waals surface area contributed by atoms with E-state index in [4.69, 9.17) is 18.9 Å². The Morgan fingerprint density at radius 3 is 2.70 bits per heavy atom. The first-order chi connectivity index (χ1) is 13.0. The molecule has 1 aliphatic carbocycles. The second-order valence-electron chi connectivity index (χ2n) is 7.17. The molecule has 2 aliphatic rings. The predicted molar refractivity (Wildman–Crippen MR) is 96.1 cm³/mol. The van der Waals surface area contributed by atoms with Crippen LogP contribution >= 0.6 is 0 Å². The highest BCUT2D eigenvalue weighted by molar-refractivity contribution is 5.87. The van der Waals surface area contributed by atoms with Gasteiger partial charge in [-0.25, -0.2) is 4.79 Å². The van der Waals surface area contributed by atoms with Crippen LogP contribution in [0.1, 0.15) is 31.7 Å². The molecule has 4 atom stereocenters. The van der Waals surface area contributed by atoms with Gasteiger partial charge in [-0.15, -0.1) is 0 Å². The lowest BCUT2D eigenvalue weighted by molar-refractivity contribution is -0.148. The molecule has 1 aliphatic heterocycles. The average molecular weight is 380 g/mol. The lowest BCUT2D eigenvalue weighted by Gasteiger charge is -2.36. The first kappa shape index (κ1) is 19.6. The van der Waals surface area contributed by atoms with Gasteiger partial charge in [-0.2, -0.15) is 0 Å². The summed E-state index contributed by atoms with van der Waals surface area (Å²) in [6.45, 7) is 2.80. The van der Waals surface area contributed by atoms with Gasteiger partial charge in [0.05, 0.1) is 25.4 Å². The van der Waals surface area contributed by atoms with Crippen molar-refractivity contribution in [1.29, 1.82) is 0 Å². The zero-order valence-electron chi connectivity index (χ0n) is 15.8. The number of hydrogen-bond acceptors (Lipinski definition) is 6. The molecule has 6 nitrogen and oxygen atoms in total. The first-order valence-electron chi connectivity index (χ1n) is 9.01. The summed E-state index contributed by atoms with van der Waals surface area (Å²) in [6.07, 6.45) is 5.26. The molecule has 2 fully saturated rings. The summed E-state index contributed by atoms with van der Waals surface area (Å²) >= 11 is 0. The number of benzene rings is 1. The lowest BCUT2D eigenvalue weighted by Crippen LogP contribution is -2.42. The number of esters is 1. The Bertz CT molecular complexity index is 700. The first-order valence-corrected chi connectivity index (χ1v) is 9.01. The van der Waals surface area contributed by atoms with Crippen LogP contribution < -0.4 is 9.68 Å². The summed E-state index contributed by atoms with van der Waals surface area (Å²) in [4.78, 5) is 15.9. The van der Waals surface area contributed by atoms with E-state index in [1.54, 1.807) is 25.3 Å². The number of carbonyl (C=O) groups is 1. The molecule has 0 radical (unpaired) electrons. The number of carbonyl (C=O) groups excluding carboxylic acids is 1. The minimum atomic E-state index is -0.415. The largest absolute Gasteiger partial charge is 0.493 e. The third-order valence-electron chi connectivity index (χ3n) is 5.39. The number of rotatable bonds is 7. The van der Waals surface area contributed by atoms with Gasteiger partial charge in [-0.05, 0) is 50.0 Å². The molecule has 1 aromatic carbocycles. The molecule has 7 heteroatoms. The van der Waals surface area contributed by atoms with E-state index in [2.05, 4.69) is 11.9 Å². The Kier molecular flexibility index (Phi) is 6.01. The topological polar surface area (TPSA) is 66.5 Å². The molecule has 1 saturated carbocycles. The van der Waals surface area contributed by atoms with Crippen LogP contribution in [-0.4, -0.2) is 44.6 Å². The Morgan fingerprint density at radius 1 is 1.30 bits per heavy atom. The summed E-state index contributed by atoms with van der Waals surface area (Å²) in [5.41, 5.74) is 0.503. The van der Waals surface area contributed by atoms with E-state index in [9.17, 15) is 9.32 Å². The van der Waals surface area contributed by atoms with Crippen molar-refractivity contribution in [1.82, 2.24) is 0 Å². The number of hydrogen-bond donors (Lipinski definition) is 0. The van der Waals surface area contributed by atoms with Gasteiger partial charge in [0.2, 0.25) is 5.75 Å². The Balaban J connectivity index is 1.58. The van der Waals surface area contributed by atoms with E-state index in [-0.39, 0.29) is 35.2 Å². The SMILES string of the molecule is COc1cc(/C=C/C(=O)O[C@@H]2CC[C@@H](OC)C([C@@]3(C)CO3)C2)ccc1OF. The van der Waals surface area contributed by atoms with Crippen LogP contribution in [0, 0.1) is 5.92 Å². The van der Waals surface area contributed by atoms with Gasteiger partial charge in [-0.1, -0.05) is 6.07 Å². The quantitative estimate of drug-likeness (QED) is 0.410. The maximum absolute atomic E-state index is 12.4. The smallest absolute Gasteiger partial charge is 0.331 e. The van der Waals surface area contributed by atoms with Crippen molar-refractivity contribution in [3.63, 3.8) is 0 Å². The number of ether oxygens (including phenoxy) is 4. The Labute approximate surface area is 158 Å². The van der Waals surface area contributed by atoms with E-state index < -0.39 is 5.97 Å². The van der Waals surface area contributed by atoms with Crippen LogP contribution in [0.15, 0.2) is 24.3 Å². The van der Waals surface area contributed by atoms with Crippen molar-refractivity contribution < 1.29 is 33.2 Å². The fraction of sp³-hybridized carbons (Fsp3) is 0.550. The van der Waals surface area contributed by atoms with Crippen LogP contribution in [0.5, 0.6) is 11.5 Å². The second kappa shape index (κ2) is 8.27. The molecule has 1 aromatic rings. The highest BCUT2D eigenvalue weighted by Crippen LogP contribution is 2.44. The standard InChI is InChI=1S/C20H25FO6/c1-20(12-25-20)15-11-14(6-8-16(15)23-2)26-19(22)9-5-13-4-7-17(27-21)18(10-13)24-3/h4-5,7,9-10,14-16H,6,8,11-12H2,1-3H3/b9-5+/t14-,15?,16-,20-/m1/s1.